The number of hydrogen-bond acceptors (Lipinski definition) is 24. The Kier molecular flexibility index (Phi) is 38.7. The highest BCUT2D eigenvalue weighted by Crippen LogP contribution is 2.59. The van der Waals surface area contributed by atoms with Gasteiger partial charge < -0.3 is 61.3 Å². The summed E-state index contributed by atoms with van der Waals surface area (Å²) in [6.07, 6.45) is 1.58. The lowest BCUT2D eigenvalue weighted by atomic mass is 9.92. The van der Waals surface area contributed by atoms with Crippen molar-refractivity contribution in [1.82, 2.24) is 0 Å². The fourth-order valence-electron chi connectivity index (χ4n) is 16.0. The maximum Gasteiger partial charge on any atom is 0.315 e. The third-order valence-electron chi connectivity index (χ3n) is 22.7. The van der Waals surface area contributed by atoms with Crippen molar-refractivity contribution in [2.75, 3.05) is 98.9 Å². The summed E-state index contributed by atoms with van der Waals surface area (Å²) in [5.74, 6) is -2.41. The van der Waals surface area contributed by atoms with Gasteiger partial charge in [-0.3, -0.25) is 33.6 Å². The van der Waals surface area contributed by atoms with E-state index in [1.165, 1.54) is 47.0 Å². The van der Waals surface area contributed by atoms with Gasteiger partial charge in [-0.1, -0.05) is 267 Å². The third-order valence-corrected chi connectivity index (χ3v) is 38.4. The molecule has 0 aromatic heterocycles. The van der Waals surface area contributed by atoms with Crippen LogP contribution in [-0.4, -0.2) is 144 Å². The van der Waals surface area contributed by atoms with Crippen molar-refractivity contribution in [3.8, 4) is 23.0 Å². The zero-order chi connectivity index (χ0) is 97.5. The molecule has 20 nitrogen and oxygen atoms in total. The van der Waals surface area contributed by atoms with Crippen LogP contribution in [0.2, 0.25) is 0 Å². The third kappa shape index (κ3) is 26.9. The first-order valence-corrected chi connectivity index (χ1v) is 56.7. The van der Waals surface area contributed by atoms with E-state index in [0.29, 0.717) is 125 Å². The van der Waals surface area contributed by atoms with E-state index >= 15 is 18.3 Å². The van der Waals surface area contributed by atoms with Gasteiger partial charge in [-0.05, 0) is 173 Å². The molecule has 28 heteroatoms. The van der Waals surface area contributed by atoms with Crippen molar-refractivity contribution in [3.05, 3.63) is 358 Å². The molecule has 0 heterocycles. The van der Waals surface area contributed by atoms with E-state index in [-0.39, 0.29) is 83.4 Å². The number of benzene rings is 12. The molecule has 137 heavy (non-hydrogen) atoms. The van der Waals surface area contributed by atoms with Crippen molar-refractivity contribution in [3.63, 3.8) is 0 Å². The van der Waals surface area contributed by atoms with Gasteiger partial charge in [-0.25, -0.2) is 0 Å². The largest absolute Gasteiger partial charge is 0.493 e. The van der Waals surface area contributed by atoms with Crippen molar-refractivity contribution in [2.24, 2.45) is 5.41 Å². The Bertz CT molecular complexity index is 5730. The monoisotopic (exact) mass is 1990 g/mol. The molecule has 1 unspecified atom stereocenters. The zero-order valence-corrected chi connectivity index (χ0v) is 84.9. The zero-order valence-electron chi connectivity index (χ0n) is 78.1. The summed E-state index contributed by atoms with van der Waals surface area (Å²) in [4.78, 5) is 102. The lowest BCUT2D eigenvalue weighted by Crippen LogP contribution is -2.44. The van der Waals surface area contributed by atoms with Crippen LogP contribution in [-0.2, 0) is 56.4 Å². The number of aliphatic hydroxyl groups is 1. The number of aliphatic hydroxyl groups excluding tert-OH is 1. The number of rotatable bonds is 52. The highest BCUT2D eigenvalue weighted by atomic mass is 32.2. The van der Waals surface area contributed by atoms with Gasteiger partial charge in [0.05, 0.1) is 66.1 Å². The number of hydrogen-bond donors (Lipinski definition) is 1. The van der Waals surface area contributed by atoms with Crippen LogP contribution < -0.4 is 61.4 Å². The minimum Gasteiger partial charge on any atom is -0.493 e. The van der Waals surface area contributed by atoms with Gasteiger partial charge in [-0.15, -0.1) is 0 Å². The van der Waals surface area contributed by atoms with Gasteiger partial charge in [0.2, 0.25) is 38.0 Å². The van der Waals surface area contributed by atoms with E-state index in [9.17, 15) is 38.7 Å². The second kappa shape index (κ2) is 50.6. The molecule has 0 amide bonds. The van der Waals surface area contributed by atoms with Crippen molar-refractivity contribution < 1.29 is 94.8 Å². The van der Waals surface area contributed by atoms with Crippen molar-refractivity contribution in [2.45, 2.75) is 86.9 Å². The van der Waals surface area contributed by atoms with Crippen molar-refractivity contribution in [1.29, 1.82) is 0 Å². The topological polar surface area (TPSA) is 282 Å². The Balaban J connectivity index is 0.735. The summed E-state index contributed by atoms with van der Waals surface area (Å²) in [5.41, 5.74) is 3.35. The fraction of sp³-hybridized carbons (Fsp3) is 0.275. The molecule has 0 saturated carbocycles. The SMILES string of the molecule is Cc1cc(C)c(C(=O)P(=O)(c2ccccc2)c2ccccc2)c(OCCCSCC(=O)OCC(COC(=O)CSCCCOc2cc(C)cc(C)c2C(=O)P(=O)(c2ccccc2)c2ccccc2)(COC(=O)CSCCCOc2cc(C)cc(C)c2C(=O)P(=O)(c2ccccc2)c2ccccc2)COC(=O)CSCCCOc2cc(C)cc(C)c2C(O)P(=O)(c2ccccc2)c2ccccc2)c1. The number of esters is 4. The molecule has 0 aliphatic heterocycles. The van der Waals surface area contributed by atoms with Crippen LogP contribution in [0.3, 0.4) is 0 Å². The van der Waals surface area contributed by atoms with Crippen LogP contribution in [0.15, 0.2) is 291 Å². The second-order valence-corrected chi connectivity index (χ2v) is 48.7. The molecule has 12 rings (SSSR count). The van der Waals surface area contributed by atoms with Crippen LogP contribution in [0.5, 0.6) is 23.0 Å². The molecule has 0 fully saturated rings. The van der Waals surface area contributed by atoms with Crippen molar-refractivity contribution >= 4 is 159 Å². The molecule has 0 bridgehead atoms. The molecule has 714 valence electrons. The standard InChI is InChI=1S/C109H114O20P4S4/c1-77-61-81(5)101(105(114)130(118,85-37-17-9-18-38-85)86-39-19-10-20-40-86)93(65-77)122-53-33-57-134-69-97(110)126-73-109(74-127-98(111)70-135-58-34-54-123-94-66-78(2)62-82(6)102(94)106(115)131(119,87-41-21-11-22-42-87)88-43-23-12-24-44-88,75-128-99(112)71-136-59-35-55-124-95-67-79(3)63-83(7)103(95)107(116)132(120,89-45-25-13-26-46-89)90-47-27-14-28-48-90)76-129-100(113)72-137-60-36-56-125-96-68-80(4)64-84(8)104(96)108(117)133(121,91-49-29-15-30-50-91)92-51-31-16-32-52-92/h9-32,37-52,61-68,105,114H,33-36,53-60,69-76H2,1-8H3. The number of ether oxygens (including phenoxy) is 8. The Labute approximate surface area is 819 Å². The van der Waals surface area contributed by atoms with Crippen LogP contribution in [0.25, 0.3) is 0 Å². The predicted molar refractivity (Wildman–Crippen MR) is 557 cm³/mol. The quantitative estimate of drug-likeness (QED) is 0.0160. The first kappa shape index (κ1) is 105. The van der Waals surface area contributed by atoms with E-state index in [0.717, 1.165) is 22.3 Å². The van der Waals surface area contributed by atoms with Gasteiger partial charge >= 0.3 is 23.9 Å². The average Bonchev–Trinajstić information content (AvgIpc) is 0.766. The van der Waals surface area contributed by atoms with Gasteiger partial charge in [0, 0.05) is 48.0 Å². The first-order chi connectivity index (χ1) is 66.1. The fourth-order valence-corrected chi connectivity index (χ4v) is 29.4. The summed E-state index contributed by atoms with van der Waals surface area (Å²) in [6.45, 7) is 12.9. The van der Waals surface area contributed by atoms with E-state index < -0.39 is 107 Å². The Morgan fingerprint density at radius 3 is 0.723 bits per heavy atom. The Morgan fingerprint density at radius 2 is 0.489 bits per heavy atom. The summed E-state index contributed by atoms with van der Waals surface area (Å²) in [7, 11) is -15.5. The summed E-state index contributed by atoms with van der Waals surface area (Å²) in [5, 5.41) is 15.7. The van der Waals surface area contributed by atoms with Gasteiger partial charge in [0.15, 0.2) is 7.14 Å². The normalized spacial score (nSPS) is 11.9. The number of thioether (sulfide) groups is 4. The van der Waals surface area contributed by atoms with Crippen LogP contribution >= 0.6 is 75.6 Å². The first-order valence-electron chi connectivity index (χ1n) is 45.2. The van der Waals surface area contributed by atoms with E-state index in [2.05, 4.69) is 0 Å². The van der Waals surface area contributed by atoms with Gasteiger partial charge in [0.1, 0.15) is 60.7 Å². The van der Waals surface area contributed by atoms with Gasteiger partial charge in [0.25, 0.3) is 0 Å². The number of carbonyl (C=O) groups excluding carboxylic acids is 7. The summed E-state index contributed by atoms with van der Waals surface area (Å²) >= 11 is 4.94. The lowest BCUT2D eigenvalue weighted by Gasteiger charge is -2.31. The number of aryl methyl sites for hydroxylation is 8. The minimum atomic E-state index is -3.93. The molecular formula is C109H114O20P4S4. The molecule has 0 saturated heterocycles. The number of carbonyl (C=O) groups is 7. The van der Waals surface area contributed by atoms with Crippen LogP contribution in [0.1, 0.15) is 113 Å². The average molecular weight is 2000 g/mol. The Hall–Kier alpha value is -11.0. The summed E-state index contributed by atoms with van der Waals surface area (Å²) in [6, 6.07) is 84.4. The predicted octanol–water partition coefficient (Wildman–Crippen LogP) is 19.9. The molecule has 0 spiro atoms. The molecule has 12 aromatic rings. The Morgan fingerprint density at radius 1 is 0.285 bits per heavy atom. The lowest BCUT2D eigenvalue weighted by molar-refractivity contribution is -0.167. The minimum absolute atomic E-state index is 0.106. The molecule has 0 radical (unpaired) electrons. The molecule has 12 aromatic carbocycles. The summed E-state index contributed by atoms with van der Waals surface area (Å²) < 4.78 is 111. The van der Waals surface area contributed by atoms with Crippen LogP contribution in [0.4, 0.5) is 0 Å². The van der Waals surface area contributed by atoms with E-state index in [4.69, 9.17) is 37.9 Å². The highest BCUT2D eigenvalue weighted by molar-refractivity contribution is 8.00. The molecule has 0 aliphatic rings. The second-order valence-electron chi connectivity index (χ2n) is 33.5. The molecule has 1 atom stereocenters. The molecular weight excluding hydrogens is 1880 g/mol. The highest BCUT2D eigenvalue weighted by Gasteiger charge is 2.45. The van der Waals surface area contributed by atoms with E-state index in [1.807, 2.05) is 71.0 Å². The molecule has 1 N–H and O–H groups in total. The van der Waals surface area contributed by atoms with Crippen LogP contribution in [0, 0.1) is 60.8 Å². The smallest absolute Gasteiger partial charge is 0.315 e. The maximum absolute atomic E-state index is 15.5. The van der Waals surface area contributed by atoms with E-state index in [1.54, 1.807) is 276 Å². The van der Waals surface area contributed by atoms with Gasteiger partial charge in [-0.2, -0.15) is 47.0 Å². The molecule has 0 aliphatic carbocycles. The maximum atomic E-state index is 15.5.